The lowest BCUT2D eigenvalue weighted by Crippen LogP contribution is -2.32. The molecule has 0 aromatic carbocycles. The van der Waals surface area contributed by atoms with Crippen molar-refractivity contribution in [1.29, 1.82) is 0 Å². The van der Waals surface area contributed by atoms with Crippen LogP contribution in [-0.4, -0.2) is 24.5 Å². The van der Waals surface area contributed by atoms with E-state index in [1.54, 1.807) is 0 Å². The maximum atomic E-state index is 2.50. The van der Waals surface area contributed by atoms with E-state index in [2.05, 4.69) is 53.5 Å². The fraction of sp³-hybridized carbons (Fsp3) is 1.00. The van der Waals surface area contributed by atoms with E-state index in [-0.39, 0.29) is 0 Å². The molecule has 1 atom stereocenters. The molecule has 0 heterocycles. The largest absolute Gasteiger partial charge is 0.304 e. The zero-order valence-electron chi connectivity index (χ0n) is 12.6. The molecule has 0 saturated heterocycles. The predicted octanol–water partition coefficient (Wildman–Crippen LogP) is 4.57. The SMILES string of the molecule is CCC(C)N(C)CCC(C)(C)CCC(C)C. The molecule has 0 aliphatic carbocycles. The summed E-state index contributed by atoms with van der Waals surface area (Å²) in [6.45, 7) is 15.3. The Kier molecular flexibility index (Phi) is 7.30. The molecule has 1 unspecified atom stereocenters. The monoisotopic (exact) mass is 227 g/mol. The maximum absolute atomic E-state index is 2.50. The third-order valence-corrected chi connectivity index (χ3v) is 3.88. The van der Waals surface area contributed by atoms with Crippen LogP contribution in [0, 0.1) is 11.3 Å². The molecule has 16 heavy (non-hydrogen) atoms. The highest BCUT2D eigenvalue weighted by Crippen LogP contribution is 2.28. The molecule has 0 rings (SSSR count). The van der Waals surface area contributed by atoms with Gasteiger partial charge in [0.2, 0.25) is 0 Å². The summed E-state index contributed by atoms with van der Waals surface area (Å²) in [6, 6.07) is 0.723. The molecular formula is C15H33N. The van der Waals surface area contributed by atoms with Crippen molar-refractivity contribution in [1.82, 2.24) is 4.90 Å². The van der Waals surface area contributed by atoms with Gasteiger partial charge in [0.25, 0.3) is 0 Å². The molecule has 0 spiro atoms. The number of nitrogens with zero attached hydrogens (tertiary/aromatic N) is 1. The van der Waals surface area contributed by atoms with E-state index in [1.165, 1.54) is 32.2 Å². The predicted molar refractivity (Wildman–Crippen MR) is 74.9 cm³/mol. The Bertz CT molecular complexity index is 172. The lowest BCUT2D eigenvalue weighted by atomic mass is 9.82. The van der Waals surface area contributed by atoms with Crippen molar-refractivity contribution in [3.8, 4) is 0 Å². The molecule has 0 fully saturated rings. The fourth-order valence-electron chi connectivity index (χ4n) is 1.82. The lowest BCUT2D eigenvalue weighted by Gasteiger charge is -2.30. The third kappa shape index (κ3) is 7.27. The molecule has 0 amide bonds. The van der Waals surface area contributed by atoms with Gasteiger partial charge in [-0.15, -0.1) is 0 Å². The normalized spacial score (nSPS) is 14.8. The van der Waals surface area contributed by atoms with Gasteiger partial charge in [0, 0.05) is 6.04 Å². The Labute approximate surface area is 104 Å². The second-order valence-electron chi connectivity index (χ2n) is 6.58. The van der Waals surface area contributed by atoms with Crippen molar-refractivity contribution in [2.24, 2.45) is 11.3 Å². The van der Waals surface area contributed by atoms with Gasteiger partial charge < -0.3 is 4.90 Å². The number of rotatable bonds is 8. The van der Waals surface area contributed by atoms with Crippen molar-refractivity contribution in [2.75, 3.05) is 13.6 Å². The molecular weight excluding hydrogens is 194 g/mol. The van der Waals surface area contributed by atoms with E-state index in [1.807, 2.05) is 0 Å². The zero-order valence-corrected chi connectivity index (χ0v) is 12.6. The molecule has 1 heteroatoms. The van der Waals surface area contributed by atoms with E-state index in [0.717, 1.165) is 12.0 Å². The minimum Gasteiger partial charge on any atom is -0.304 e. The van der Waals surface area contributed by atoms with Crippen molar-refractivity contribution >= 4 is 0 Å². The van der Waals surface area contributed by atoms with Crippen LogP contribution in [0.15, 0.2) is 0 Å². The Balaban J connectivity index is 3.88. The van der Waals surface area contributed by atoms with Gasteiger partial charge in [0.1, 0.15) is 0 Å². The molecule has 0 aliphatic rings. The smallest absolute Gasteiger partial charge is 0.00612 e. The molecule has 0 aromatic heterocycles. The average molecular weight is 227 g/mol. The van der Waals surface area contributed by atoms with E-state index in [4.69, 9.17) is 0 Å². The summed E-state index contributed by atoms with van der Waals surface area (Å²) in [6.07, 6.45) is 5.29. The van der Waals surface area contributed by atoms with E-state index in [9.17, 15) is 0 Å². The quantitative estimate of drug-likeness (QED) is 0.587. The highest BCUT2D eigenvalue weighted by atomic mass is 15.1. The molecule has 0 aliphatic heterocycles. The highest BCUT2D eigenvalue weighted by molar-refractivity contribution is 4.72. The summed E-state index contributed by atoms with van der Waals surface area (Å²) in [5, 5.41) is 0. The summed E-state index contributed by atoms with van der Waals surface area (Å²) in [7, 11) is 2.26. The van der Waals surface area contributed by atoms with Crippen LogP contribution in [0.3, 0.4) is 0 Å². The Morgan fingerprint density at radius 2 is 1.62 bits per heavy atom. The zero-order chi connectivity index (χ0) is 12.8. The maximum Gasteiger partial charge on any atom is 0.00612 e. The first kappa shape index (κ1) is 16.0. The molecule has 0 bridgehead atoms. The van der Waals surface area contributed by atoms with Crippen LogP contribution >= 0.6 is 0 Å². The molecule has 0 aromatic rings. The molecule has 0 N–H and O–H groups in total. The van der Waals surface area contributed by atoms with Crippen LogP contribution in [0.4, 0.5) is 0 Å². The van der Waals surface area contributed by atoms with Crippen LogP contribution in [0.25, 0.3) is 0 Å². The van der Waals surface area contributed by atoms with E-state index >= 15 is 0 Å². The van der Waals surface area contributed by atoms with Gasteiger partial charge in [-0.25, -0.2) is 0 Å². The van der Waals surface area contributed by atoms with Gasteiger partial charge >= 0.3 is 0 Å². The summed E-state index contributed by atoms with van der Waals surface area (Å²) < 4.78 is 0. The van der Waals surface area contributed by atoms with Gasteiger partial charge in [0.15, 0.2) is 0 Å². The van der Waals surface area contributed by atoms with E-state index < -0.39 is 0 Å². The van der Waals surface area contributed by atoms with Crippen LogP contribution in [0.5, 0.6) is 0 Å². The van der Waals surface area contributed by atoms with Crippen LogP contribution < -0.4 is 0 Å². The van der Waals surface area contributed by atoms with Crippen molar-refractivity contribution in [2.45, 2.75) is 73.3 Å². The van der Waals surface area contributed by atoms with Gasteiger partial charge in [-0.1, -0.05) is 41.0 Å². The first-order valence-corrected chi connectivity index (χ1v) is 6.98. The highest BCUT2D eigenvalue weighted by Gasteiger charge is 2.19. The fourth-order valence-corrected chi connectivity index (χ4v) is 1.82. The minimum absolute atomic E-state index is 0.506. The summed E-state index contributed by atoms with van der Waals surface area (Å²) in [5.74, 6) is 0.839. The molecule has 98 valence electrons. The first-order valence-electron chi connectivity index (χ1n) is 6.98. The van der Waals surface area contributed by atoms with E-state index in [0.29, 0.717) is 5.41 Å². The van der Waals surface area contributed by atoms with Gasteiger partial charge in [-0.3, -0.25) is 0 Å². The van der Waals surface area contributed by atoms with Crippen molar-refractivity contribution < 1.29 is 0 Å². The number of hydrogen-bond acceptors (Lipinski definition) is 1. The number of hydrogen-bond donors (Lipinski definition) is 0. The molecule has 0 saturated carbocycles. The Morgan fingerprint density at radius 3 is 2.06 bits per heavy atom. The van der Waals surface area contributed by atoms with Gasteiger partial charge in [-0.05, 0) is 51.1 Å². The van der Waals surface area contributed by atoms with Crippen LogP contribution in [0.2, 0.25) is 0 Å². The summed E-state index contributed by atoms with van der Waals surface area (Å²) >= 11 is 0. The Hall–Kier alpha value is -0.0400. The van der Waals surface area contributed by atoms with Gasteiger partial charge in [-0.2, -0.15) is 0 Å². The summed E-state index contributed by atoms with van der Waals surface area (Å²) in [5.41, 5.74) is 0.506. The second kappa shape index (κ2) is 7.32. The lowest BCUT2D eigenvalue weighted by molar-refractivity contribution is 0.191. The van der Waals surface area contributed by atoms with Crippen molar-refractivity contribution in [3.05, 3.63) is 0 Å². The van der Waals surface area contributed by atoms with Crippen molar-refractivity contribution in [3.63, 3.8) is 0 Å². The Morgan fingerprint density at radius 1 is 1.06 bits per heavy atom. The van der Waals surface area contributed by atoms with Gasteiger partial charge in [0.05, 0.1) is 0 Å². The molecule has 0 radical (unpaired) electrons. The minimum atomic E-state index is 0.506. The summed E-state index contributed by atoms with van der Waals surface area (Å²) in [4.78, 5) is 2.50. The topological polar surface area (TPSA) is 3.24 Å². The second-order valence-corrected chi connectivity index (χ2v) is 6.58. The standard InChI is InChI=1S/C15H33N/c1-8-14(4)16(7)12-11-15(5,6)10-9-13(2)3/h13-14H,8-12H2,1-7H3. The van der Waals surface area contributed by atoms with Crippen LogP contribution in [-0.2, 0) is 0 Å². The first-order chi connectivity index (χ1) is 7.28. The van der Waals surface area contributed by atoms with Crippen LogP contribution in [0.1, 0.15) is 67.2 Å². The average Bonchev–Trinajstić information content (AvgIpc) is 2.22. The molecule has 1 nitrogen and oxygen atoms in total. The third-order valence-electron chi connectivity index (χ3n) is 3.88.